The average molecular weight is 426 g/mol. The van der Waals surface area contributed by atoms with Crippen LogP contribution in [0.25, 0.3) is 0 Å². The number of ether oxygens (including phenoxy) is 3. The molecule has 4 fully saturated rings. The van der Waals surface area contributed by atoms with Crippen LogP contribution in [0, 0.1) is 11.3 Å². The number of carbonyl (C=O) groups is 2. The van der Waals surface area contributed by atoms with E-state index in [0.717, 1.165) is 16.8 Å². The Morgan fingerprint density at radius 2 is 2.23 bits per heavy atom. The second-order valence-electron chi connectivity index (χ2n) is 9.36. The number of methoxy groups -OCH3 is 1. The molecule has 1 aromatic rings. The van der Waals surface area contributed by atoms with Gasteiger partial charge in [-0.3, -0.25) is 14.5 Å². The molecule has 6 atom stereocenters. The number of benzene rings is 1. The van der Waals surface area contributed by atoms with Crippen molar-refractivity contribution >= 4 is 17.6 Å². The van der Waals surface area contributed by atoms with Crippen molar-refractivity contribution < 1.29 is 28.9 Å². The van der Waals surface area contributed by atoms with Gasteiger partial charge >= 0.3 is 11.9 Å². The summed E-state index contributed by atoms with van der Waals surface area (Å²) in [6.45, 7) is 3.98. The third-order valence-corrected chi connectivity index (χ3v) is 8.51. The number of nitrogens with zero attached hydrogens (tertiary/aromatic N) is 1. The van der Waals surface area contributed by atoms with Gasteiger partial charge in [-0.2, -0.15) is 0 Å². The van der Waals surface area contributed by atoms with Crippen molar-refractivity contribution in [3.8, 4) is 5.75 Å². The second-order valence-corrected chi connectivity index (χ2v) is 9.36. The fourth-order valence-corrected chi connectivity index (χ4v) is 7.56. The summed E-state index contributed by atoms with van der Waals surface area (Å²) < 4.78 is 17.8. The van der Waals surface area contributed by atoms with E-state index in [1.807, 2.05) is 13.0 Å². The number of phenols is 1. The van der Waals surface area contributed by atoms with Gasteiger partial charge in [-0.1, -0.05) is 17.7 Å². The van der Waals surface area contributed by atoms with Crippen LogP contribution in [0.2, 0.25) is 0 Å². The number of fused-ring (bicyclic) bond motifs is 4. The predicted molar refractivity (Wildman–Crippen MR) is 109 cm³/mol. The Bertz CT molecular complexity index is 1050. The Hall–Kier alpha value is -2.58. The lowest BCUT2D eigenvalue weighted by molar-refractivity contribution is -0.196. The minimum absolute atomic E-state index is 0.0598. The number of hydrogen-bond acceptors (Lipinski definition) is 8. The zero-order valence-electron chi connectivity index (χ0n) is 17.8. The van der Waals surface area contributed by atoms with Gasteiger partial charge < -0.3 is 24.6 Å². The topological polar surface area (TPSA) is 97.3 Å². The van der Waals surface area contributed by atoms with Crippen LogP contribution in [0.15, 0.2) is 29.8 Å². The first-order valence-electron chi connectivity index (χ1n) is 10.8. The van der Waals surface area contributed by atoms with E-state index >= 15 is 0 Å². The molecular formula is C23H26N2O6. The van der Waals surface area contributed by atoms with E-state index in [0.29, 0.717) is 19.4 Å². The van der Waals surface area contributed by atoms with Crippen LogP contribution >= 0.6 is 0 Å². The highest BCUT2D eigenvalue weighted by molar-refractivity contribution is 5.86. The molecular weight excluding hydrogens is 400 g/mol. The smallest absolute Gasteiger partial charge is 0.317 e. The standard InChI is InChI=1S/C23H26N2O6/c1-4-13-10-25-18-8-16(13)21(20(28)29-3,11-30-12(2)26)22-9-19(25)31-23(18,22)24-17-7-14(27)5-6-15(17)22/h4-7,16,18-19,24,27H,8-11H2,1-3H3. The molecule has 0 radical (unpaired) electrons. The van der Waals surface area contributed by atoms with Gasteiger partial charge in [0.1, 0.15) is 24.0 Å². The van der Waals surface area contributed by atoms with Crippen molar-refractivity contribution in [3.63, 3.8) is 0 Å². The first kappa shape index (κ1) is 19.1. The number of carbonyl (C=O) groups excluding carboxylic acids is 2. The van der Waals surface area contributed by atoms with E-state index in [9.17, 15) is 14.7 Å². The van der Waals surface area contributed by atoms with Crippen molar-refractivity contribution in [1.29, 1.82) is 0 Å². The van der Waals surface area contributed by atoms with Crippen LogP contribution < -0.4 is 5.32 Å². The number of piperidine rings is 2. The summed E-state index contributed by atoms with van der Waals surface area (Å²) in [5, 5.41) is 13.7. The van der Waals surface area contributed by atoms with Crippen molar-refractivity contribution in [2.75, 3.05) is 25.6 Å². The molecule has 1 aliphatic carbocycles. The molecule has 164 valence electrons. The second kappa shape index (κ2) is 5.81. The molecule has 1 spiro atoms. The molecule has 4 bridgehead atoms. The molecule has 4 heterocycles. The molecule has 5 aliphatic rings. The van der Waals surface area contributed by atoms with E-state index in [1.54, 1.807) is 12.1 Å². The Morgan fingerprint density at radius 3 is 2.94 bits per heavy atom. The molecule has 2 N–H and O–H groups in total. The van der Waals surface area contributed by atoms with Crippen LogP contribution in [0.3, 0.4) is 0 Å². The lowest BCUT2D eigenvalue weighted by Crippen LogP contribution is -2.78. The molecule has 1 aromatic carbocycles. The van der Waals surface area contributed by atoms with E-state index in [2.05, 4.69) is 16.3 Å². The molecule has 8 nitrogen and oxygen atoms in total. The van der Waals surface area contributed by atoms with Crippen LogP contribution in [0.1, 0.15) is 32.3 Å². The fourth-order valence-electron chi connectivity index (χ4n) is 7.56. The third kappa shape index (κ3) is 1.87. The van der Waals surface area contributed by atoms with Gasteiger partial charge in [0, 0.05) is 37.6 Å². The first-order chi connectivity index (χ1) is 14.8. The Balaban J connectivity index is 1.69. The lowest BCUT2D eigenvalue weighted by atomic mass is 9.42. The van der Waals surface area contributed by atoms with Crippen LogP contribution in [0.4, 0.5) is 5.69 Å². The maximum atomic E-state index is 13.8. The van der Waals surface area contributed by atoms with Crippen LogP contribution in [-0.4, -0.2) is 60.2 Å². The lowest BCUT2D eigenvalue weighted by Gasteiger charge is -2.64. The summed E-state index contributed by atoms with van der Waals surface area (Å²) >= 11 is 0. The van der Waals surface area contributed by atoms with E-state index in [-0.39, 0.29) is 36.5 Å². The Kier molecular flexibility index (Phi) is 3.58. The number of allylic oxidation sites excluding steroid dienone is 1. The Morgan fingerprint density at radius 1 is 1.42 bits per heavy atom. The zero-order chi connectivity index (χ0) is 21.8. The summed E-state index contributed by atoms with van der Waals surface area (Å²) in [4.78, 5) is 28.2. The summed E-state index contributed by atoms with van der Waals surface area (Å²) in [5.74, 6) is -0.827. The monoisotopic (exact) mass is 426 g/mol. The van der Waals surface area contributed by atoms with E-state index in [4.69, 9.17) is 14.2 Å². The van der Waals surface area contributed by atoms with E-state index < -0.39 is 22.5 Å². The summed E-state index contributed by atoms with van der Waals surface area (Å²) in [5.41, 5.74) is 0.0158. The van der Waals surface area contributed by atoms with Crippen molar-refractivity contribution in [1.82, 2.24) is 4.90 Å². The highest BCUT2D eigenvalue weighted by Gasteiger charge is 2.87. The summed E-state index contributed by atoms with van der Waals surface area (Å²) in [7, 11) is 1.39. The van der Waals surface area contributed by atoms with Crippen molar-refractivity contribution in [2.45, 2.75) is 50.1 Å². The van der Waals surface area contributed by atoms with Crippen molar-refractivity contribution in [2.24, 2.45) is 11.3 Å². The average Bonchev–Trinajstić information content (AvgIpc) is 3.34. The highest BCUT2D eigenvalue weighted by Crippen LogP contribution is 2.76. The first-order valence-corrected chi connectivity index (χ1v) is 10.8. The summed E-state index contributed by atoms with van der Waals surface area (Å²) in [6, 6.07) is 5.27. The number of phenolic OH excluding ortho intramolecular Hbond substituents is 1. The molecule has 8 heteroatoms. The van der Waals surface area contributed by atoms with Crippen molar-refractivity contribution in [3.05, 3.63) is 35.4 Å². The molecule has 0 aromatic heterocycles. The molecule has 6 rings (SSSR count). The minimum atomic E-state index is -1.15. The molecule has 31 heavy (non-hydrogen) atoms. The number of rotatable bonds is 3. The van der Waals surface area contributed by atoms with Gasteiger partial charge in [0.2, 0.25) is 0 Å². The number of anilines is 1. The van der Waals surface area contributed by atoms with Gasteiger partial charge in [0.15, 0.2) is 5.72 Å². The maximum Gasteiger partial charge on any atom is 0.317 e. The molecule has 0 amide bonds. The van der Waals surface area contributed by atoms with Crippen LogP contribution in [-0.2, 0) is 29.2 Å². The number of aromatic hydroxyl groups is 1. The Labute approximate surface area is 180 Å². The molecule has 1 saturated carbocycles. The largest absolute Gasteiger partial charge is 0.508 e. The minimum Gasteiger partial charge on any atom is -0.508 e. The highest BCUT2D eigenvalue weighted by atomic mass is 16.6. The predicted octanol–water partition coefficient (Wildman–Crippen LogP) is 1.88. The van der Waals surface area contributed by atoms with Gasteiger partial charge in [-0.05, 0) is 25.0 Å². The van der Waals surface area contributed by atoms with E-state index in [1.165, 1.54) is 14.0 Å². The molecule has 3 saturated heterocycles. The van der Waals surface area contributed by atoms with Gasteiger partial charge in [0.05, 0.1) is 18.6 Å². The number of esters is 2. The van der Waals surface area contributed by atoms with Gasteiger partial charge in [-0.25, -0.2) is 0 Å². The number of hydrogen-bond donors (Lipinski definition) is 2. The summed E-state index contributed by atoms with van der Waals surface area (Å²) in [6.07, 6.45) is 3.20. The van der Waals surface area contributed by atoms with Gasteiger partial charge in [0.25, 0.3) is 0 Å². The maximum absolute atomic E-state index is 13.8. The fraction of sp³-hybridized carbons (Fsp3) is 0.565. The zero-order valence-corrected chi connectivity index (χ0v) is 17.8. The molecule has 6 unspecified atom stereocenters. The molecule has 4 aliphatic heterocycles. The normalized spacial score (nSPS) is 42.3. The third-order valence-electron chi connectivity index (χ3n) is 8.51. The van der Waals surface area contributed by atoms with Gasteiger partial charge in [-0.15, -0.1) is 0 Å². The number of nitrogens with one attached hydrogen (secondary N) is 1. The quantitative estimate of drug-likeness (QED) is 0.559. The van der Waals surface area contributed by atoms with Crippen LogP contribution in [0.5, 0.6) is 5.75 Å². The SMILES string of the molecule is CC=C1CN2C3CC45c6ccc(O)cc6NC4(O3)C2CC1C5(COC(C)=O)C(=O)OC.